The molecular formula is C11H11N5OS. The number of fused-ring (bicyclic) bond motifs is 1. The van der Waals surface area contributed by atoms with E-state index in [1.807, 2.05) is 17.5 Å². The van der Waals surface area contributed by atoms with E-state index in [1.54, 1.807) is 18.3 Å². The van der Waals surface area contributed by atoms with E-state index in [-0.39, 0.29) is 5.56 Å². The molecule has 0 aliphatic rings. The lowest BCUT2D eigenvalue weighted by molar-refractivity contribution is 0.887. The van der Waals surface area contributed by atoms with E-state index in [0.29, 0.717) is 24.0 Å². The van der Waals surface area contributed by atoms with Gasteiger partial charge in [0.25, 0.3) is 11.3 Å². The summed E-state index contributed by atoms with van der Waals surface area (Å²) in [6.07, 6.45) is 0. The fourth-order valence-corrected chi connectivity index (χ4v) is 2.30. The van der Waals surface area contributed by atoms with Crippen molar-refractivity contribution in [3.8, 4) is 0 Å². The highest BCUT2D eigenvalue weighted by Crippen LogP contribution is 2.10. The van der Waals surface area contributed by atoms with Gasteiger partial charge in [-0.1, -0.05) is 6.07 Å². The zero-order valence-electron chi connectivity index (χ0n) is 9.67. The van der Waals surface area contributed by atoms with Crippen molar-refractivity contribution < 1.29 is 0 Å². The molecule has 0 amide bonds. The summed E-state index contributed by atoms with van der Waals surface area (Å²) in [5.41, 5.74) is 0.505. The van der Waals surface area contributed by atoms with Gasteiger partial charge < -0.3 is 5.32 Å². The predicted octanol–water partition coefficient (Wildman–Crippen LogP) is 1.40. The number of rotatable bonds is 3. The molecule has 0 aromatic carbocycles. The van der Waals surface area contributed by atoms with Crippen LogP contribution in [0.5, 0.6) is 0 Å². The van der Waals surface area contributed by atoms with Gasteiger partial charge >= 0.3 is 0 Å². The average Bonchev–Trinajstić information content (AvgIpc) is 2.93. The zero-order chi connectivity index (χ0) is 12.5. The summed E-state index contributed by atoms with van der Waals surface area (Å²) < 4.78 is 1.32. The minimum Gasteiger partial charge on any atom is -0.350 e. The average molecular weight is 261 g/mol. The molecule has 6 nitrogen and oxygen atoms in total. The largest absolute Gasteiger partial charge is 0.350 e. The molecule has 0 fully saturated rings. The van der Waals surface area contributed by atoms with Crippen LogP contribution in [0.4, 0.5) is 5.95 Å². The number of aryl methyl sites for hydroxylation is 1. The first-order valence-electron chi connectivity index (χ1n) is 5.45. The molecule has 0 aliphatic heterocycles. The summed E-state index contributed by atoms with van der Waals surface area (Å²) in [4.78, 5) is 21.3. The van der Waals surface area contributed by atoms with Gasteiger partial charge in [0.15, 0.2) is 0 Å². The van der Waals surface area contributed by atoms with Gasteiger partial charge in [-0.15, -0.1) is 11.3 Å². The van der Waals surface area contributed by atoms with Crippen LogP contribution >= 0.6 is 11.3 Å². The van der Waals surface area contributed by atoms with Crippen molar-refractivity contribution in [1.29, 1.82) is 0 Å². The van der Waals surface area contributed by atoms with E-state index in [0.717, 1.165) is 0 Å². The van der Waals surface area contributed by atoms with Crippen LogP contribution in [0.2, 0.25) is 0 Å². The number of aromatic nitrogens is 4. The number of nitrogens with one attached hydrogen (secondary N) is 2. The van der Waals surface area contributed by atoms with Crippen LogP contribution in [-0.4, -0.2) is 19.6 Å². The molecule has 0 bridgehead atoms. The van der Waals surface area contributed by atoms with Gasteiger partial charge in [0, 0.05) is 16.6 Å². The first kappa shape index (κ1) is 11.0. The van der Waals surface area contributed by atoms with Gasteiger partial charge in [-0.3, -0.25) is 9.89 Å². The number of hydrogen-bond acceptors (Lipinski definition) is 5. The number of thiophene rings is 1. The summed E-state index contributed by atoms with van der Waals surface area (Å²) in [7, 11) is 0. The molecule has 0 unspecified atom stereocenters. The van der Waals surface area contributed by atoms with Crippen molar-refractivity contribution in [1.82, 2.24) is 19.6 Å². The van der Waals surface area contributed by atoms with Crippen molar-refractivity contribution in [3.63, 3.8) is 0 Å². The Balaban J connectivity index is 1.89. The molecule has 92 valence electrons. The maximum Gasteiger partial charge on any atom is 0.274 e. The highest BCUT2D eigenvalue weighted by molar-refractivity contribution is 7.09. The minimum absolute atomic E-state index is 0.158. The molecule has 0 saturated heterocycles. The Kier molecular flexibility index (Phi) is 2.60. The number of nitrogens with zero attached hydrogens (tertiary/aromatic N) is 3. The molecule has 0 aliphatic carbocycles. The second-order valence-corrected chi connectivity index (χ2v) is 4.91. The summed E-state index contributed by atoms with van der Waals surface area (Å²) >= 11 is 1.67. The molecule has 3 aromatic heterocycles. The van der Waals surface area contributed by atoms with Crippen LogP contribution in [-0.2, 0) is 6.54 Å². The molecule has 2 N–H and O–H groups in total. The van der Waals surface area contributed by atoms with Gasteiger partial charge in [-0.05, 0) is 18.4 Å². The van der Waals surface area contributed by atoms with E-state index in [9.17, 15) is 4.79 Å². The van der Waals surface area contributed by atoms with Crippen LogP contribution in [0.1, 0.15) is 10.6 Å². The standard InChI is InChI=1S/C11H11N5OS/c1-7-5-9(17)16-11(13-7)14-10(15-16)12-6-8-3-2-4-18-8/h2-5H,6H2,1H3,(H2,12,13,14,15). The second kappa shape index (κ2) is 4.26. The monoisotopic (exact) mass is 261 g/mol. The summed E-state index contributed by atoms with van der Waals surface area (Å²) in [5, 5.41) is 8.02. The summed E-state index contributed by atoms with van der Waals surface area (Å²) in [5.74, 6) is 0.923. The second-order valence-electron chi connectivity index (χ2n) is 3.88. The molecule has 0 radical (unpaired) electrons. The lowest BCUT2D eigenvalue weighted by Gasteiger charge is -1.97. The van der Waals surface area contributed by atoms with Gasteiger partial charge in [0.05, 0.1) is 6.54 Å². The minimum atomic E-state index is -0.158. The first-order valence-corrected chi connectivity index (χ1v) is 6.33. The molecule has 0 saturated carbocycles. The van der Waals surface area contributed by atoms with Crippen LogP contribution in [0, 0.1) is 6.92 Å². The third-order valence-electron chi connectivity index (χ3n) is 2.47. The number of aromatic amines is 1. The van der Waals surface area contributed by atoms with Gasteiger partial charge in [0.2, 0.25) is 5.95 Å². The van der Waals surface area contributed by atoms with Gasteiger partial charge in [-0.25, -0.2) is 4.98 Å². The normalized spacial score (nSPS) is 10.9. The Morgan fingerprint density at radius 2 is 2.39 bits per heavy atom. The van der Waals surface area contributed by atoms with Crippen molar-refractivity contribution in [3.05, 3.63) is 44.5 Å². The van der Waals surface area contributed by atoms with Gasteiger partial charge in [0.1, 0.15) is 0 Å². The molecule has 0 spiro atoms. The molecular weight excluding hydrogens is 250 g/mol. The molecule has 3 aromatic rings. The van der Waals surface area contributed by atoms with E-state index >= 15 is 0 Å². The van der Waals surface area contributed by atoms with Crippen molar-refractivity contribution in [2.45, 2.75) is 13.5 Å². The van der Waals surface area contributed by atoms with Crippen molar-refractivity contribution in [2.24, 2.45) is 0 Å². The third-order valence-corrected chi connectivity index (χ3v) is 3.35. The highest BCUT2D eigenvalue weighted by Gasteiger charge is 2.05. The van der Waals surface area contributed by atoms with Crippen LogP contribution < -0.4 is 10.9 Å². The number of H-pyrrole nitrogens is 1. The maximum absolute atomic E-state index is 11.7. The molecule has 3 heterocycles. The van der Waals surface area contributed by atoms with Gasteiger partial charge in [-0.2, -0.15) is 9.50 Å². The first-order chi connectivity index (χ1) is 8.72. The van der Waals surface area contributed by atoms with E-state index < -0.39 is 0 Å². The Bertz CT molecular complexity index is 728. The molecule has 3 rings (SSSR count). The lowest BCUT2D eigenvalue weighted by atomic mass is 10.5. The van der Waals surface area contributed by atoms with Crippen LogP contribution in [0.25, 0.3) is 5.78 Å². The summed E-state index contributed by atoms with van der Waals surface area (Å²) in [6.45, 7) is 2.44. The quantitative estimate of drug-likeness (QED) is 0.747. The van der Waals surface area contributed by atoms with Crippen LogP contribution in [0.15, 0.2) is 28.4 Å². The fraction of sp³-hybridized carbons (Fsp3) is 0.182. The zero-order valence-corrected chi connectivity index (χ0v) is 10.5. The Labute approximate surface area is 106 Å². The third kappa shape index (κ3) is 2.00. The number of hydrogen-bond donors (Lipinski definition) is 2. The van der Waals surface area contributed by atoms with Crippen molar-refractivity contribution >= 4 is 23.1 Å². The lowest BCUT2D eigenvalue weighted by Crippen LogP contribution is -2.14. The van der Waals surface area contributed by atoms with Crippen LogP contribution in [0.3, 0.4) is 0 Å². The van der Waals surface area contributed by atoms with E-state index in [4.69, 9.17) is 0 Å². The Morgan fingerprint density at radius 3 is 3.17 bits per heavy atom. The smallest absolute Gasteiger partial charge is 0.274 e. The predicted molar refractivity (Wildman–Crippen MR) is 70.0 cm³/mol. The number of anilines is 1. The summed E-state index contributed by atoms with van der Waals surface area (Å²) in [6, 6.07) is 5.50. The van der Waals surface area contributed by atoms with E-state index in [1.165, 1.54) is 15.5 Å². The molecule has 7 heteroatoms. The SMILES string of the molecule is Cc1cc(=O)n2[nH]c(NCc3cccs3)nc2n1. The Hall–Kier alpha value is -2.15. The highest BCUT2D eigenvalue weighted by atomic mass is 32.1. The van der Waals surface area contributed by atoms with E-state index in [2.05, 4.69) is 20.4 Å². The molecule has 0 atom stereocenters. The fourth-order valence-electron chi connectivity index (χ4n) is 1.66. The van der Waals surface area contributed by atoms with Crippen molar-refractivity contribution in [2.75, 3.05) is 5.32 Å². The topological polar surface area (TPSA) is 75.1 Å². The Morgan fingerprint density at radius 1 is 1.50 bits per heavy atom. The maximum atomic E-state index is 11.7. The molecule has 18 heavy (non-hydrogen) atoms.